The first kappa shape index (κ1) is 20.4. The normalized spacial score (nSPS) is 32.7. The third-order valence-corrected chi connectivity index (χ3v) is 7.28. The van der Waals surface area contributed by atoms with Gasteiger partial charge in [0.1, 0.15) is 0 Å². The first-order valence-corrected chi connectivity index (χ1v) is 11.1. The Morgan fingerprint density at radius 1 is 1.14 bits per heavy atom. The smallest absolute Gasteiger partial charge is 0.335 e. The summed E-state index contributed by atoms with van der Waals surface area (Å²) < 4.78 is 0. The zero-order valence-corrected chi connectivity index (χ0v) is 16.9. The lowest BCUT2D eigenvalue weighted by Crippen LogP contribution is -2.22. The number of fused-ring (bicyclic) bond motifs is 1. The van der Waals surface area contributed by atoms with Gasteiger partial charge in [0.15, 0.2) is 0 Å². The summed E-state index contributed by atoms with van der Waals surface area (Å²) in [5.41, 5.74) is 2.58. The highest BCUT2D eigenvalue weighted by Gasteiger charge is 2.45. The van der Waals surface area contributed by atoms with Crippen LogP contribution in [0.15, 0.2) is 42.0 Å². The number of rotatable bonds is 5. The number of benzene rings is 1. The molecule has 5 unspecified atom stereocenters. The molecular weight excluding hydrogens is 364 g/mol. The van der Waals surface area contributed by atoms with Crippen LogP contribution in [0.3, 0.4) is 0 Å². The fourth-order valence-corrected chi connectivity index (χ4v) is 5.76. The number of hydrogen-bond acceptors (Lipinski definition) is 3. The first-order valence-electron chi connectivity index (χ1n) is 11.1. The molecule has 3 aliphatic carbocycles. The van der Waals surface area contributed by atoms with Crippen molar-refractivity contribution in [3.05, 3.63) is 53.1 Å². The zero-order chi connectivity index (χ0) is 20.4. The summed E-state index contributed by atoms with van der Waals surface area (Å²) >= 11 is 0. The lowest BCUT2D eigenvalue weighted by Gasteiger charge is -2.25. The zero-order valence-electron chi connectivity index (χ0n) is 16.9. The van der Waals surface area contributed by atoms with Crippen LogP contribution in [0.1, 0.15) is 67.3 Å². The van der Waals surface area contributed by atoms with E-state index in [-0.39, 0.29) is 12.0 Å². The van der Waals surface area contributed by atoms with E-state index in [1.807, 2.05) is 12.1 Å². The number of aromatic carboxylic acids is 1. The van der Waals surface area contributed by atoms with Gasteiger partial charge in [0, 0.05) is 5.92 Å². The van der Waals surface area contributed by atoms with Crippen LogP contribution in [0.2, 0.25) is 0 Å². The Morgan fingerprint density at radius 2 is 1.93 bits per heavy atom. The standard InChI is InChI=1S/C25H32O4/c26-23(18-6-2-1-3-7-18)10-9-21-22-14-17(13-20(22)15-24(21)27)11-16-5-4-8-19(12-16)25(28)29/h4-5,8-12,18,20-24,26-27H,1-3,6-7,13-15H2,(H,28,29)/b10-9+,17-11+. The maximum absolute atomic E-state index is 11.2. The van der Waals surface area contributed by atoms with Gasteiger partial charge < -0.3 is 15.3 Å². The largest absolute Gasteiger partial charge is 0.478 e. The maximum Gasteiger partial charge on any atom is 0.335 e. The molecule has 3 saturated carbocycles. The van der Waals surface area contributed by atoms with Crippen LogP contribution in [-0.4, -0.2) is 33.5 Å². The molecule has 3 fully saturated rings. The Balaban J connectivity index is 1.43. The van der Waals surface area contributed by atoms with E-state index in [0.717, 1.165) is 37.7 Å². The van der Waals surface area contributed by atoms with E-state index in [1.165, 1.54) is 24.8 Å². The molecule has 3 N–H and O–H groups in total. The number of carboxylic acid groups (broad SMARTS) is 1. The molecule has 0 radical (unpaired) electrons. The van der Waals surface area contributed by atoms with Crippen molar-refractivity contribution in [3.63, 3.8) is 0 Å². The van der Waals surface area contributed by atoms with Gasteiger partial charge in [-0.2, -0.15) is 0 Å². The number of hydrogen-bond donors (Lipinski definition) is 3. The minimum Gasteiger partial charge on any atom is -0.478 e. The Hall–Kier alpha value is -1.91. The van der Waals surface area contributed by atoms with E-state index in [0.29, 0.717) is 23.3 Å². The number of carboxylic acids is 1. The minimum atomic E-state index is -0.904. The molecule has 0 spiro atoms. The summed E-state index contributed by atoms with van der Waals surface area (Å²) in [5.74, 6) is 0.455. The number of allylic oxidation sites excluding steroid dienone is 1. The van der Waals surface area contributed by atoms with E-state index in [1.54, 1.807) is 18.2 Å². The van der Waals surface area contributed by atoms with Crippen LogP contribution in [0.5, 0.6) is 0 Å². The highest BCUT2D eigenvalue weighted by Crippen LogP contribution is 2.50. The summed E-state index contributed by atoms with van der Waals surface area (Å²) in [6.45, 7) is 0. The average molecular weight is 397 g/mol. The van der Waals surface area contributed by atoms with Gasteiger partial charge in [0.25, 0.3) is 0 Å². The van der Waals surface area contributed by atoms with E-state index in [2.05, 4.69) is 12.2 Å². The van der Waals surface area contributed by atoms with Crippen molar-refractivity contribution in [1.82, 2.24) is 0 Å². The van der Waals surface area contributed by atoms with Crippen molar-refractivity contribution in [2.24, 2.45) is 23.7 Å². The van der Waals surface area contributed by atoms with Crippen LogP contribution in [-0.2, 0) is 0 Å². The molecule has 4 rings (SSSR count). The molecule has 0 amide bonds. The van der Waals surface area contributed by atoms with Crippen molar-refractivity contribution in [2.45, 2.75) is 63.6 Å². The molecule has 4 heteroatoms. The topological polar surface area (TPSA) is 77.8 Å². The van der Waals surface area contributed by atoms with Gasteiger partial charge in [-0.1, -0.05) is 55.2 Å². The van der Waals surface area contributed by atoms with Crippen molar-refractivity contribution in [3.8, 4) is 0 Å². The van der Waals surface area contributed by atoms with Crippen LogP contribution < -0.4 is 0 Å². The molecule has 3 aliphatic rings. The molecule has 1 aromatic carbocycles. The quantitative estimate of drug-likeness (QED) is 0.632. The molecule has 5 atom stereocenters. The lowest BCUT2D eigenvalue weighted by molar-refractivity contribution is 0.0696. The number of aliphatic hydroxyl groups excluding tert-OH is 2. The summed E-state index contributed by atoms with van der Waals surface area (Å²) in [7, 11) is 0. The predicted octanol–water partition coefficient (Wildman–Crippen LogP) is 4.67. The Labute approximate surface area is 173 Å². The third-order valence-electron chi connectivity index (χ3n) is 7.28. The fraction of sp³-hybridized carbons (Fsp3) is 0.560. The van der Waals surface area contributed by atoms with Crippen molar-refractivity contribution in [2.75, 3.05) is 0 Å². The molecule has 0 bridgehead atoms. The van der Waals surface area contributed by atoms with Crippen molar-refractivity contribution < 1.29 is 20.1 Å². The van der Waals surface area contributed by atoms with Crippen molar-refractivity contribution in [1.29, 1.82) is 0 Å². The molecular formula is C25H32O4. The summed E-state index contributed by atoms with van der Waals surface area (Å²) in [6, 6.07) is 7.06. The third kappa shape index (κ3) is 4.65. The molecule has 0 aliphatic heterocycles. The van der Waals surface area contributed by atoms with Crippen LogP contribution >= 0.6 is 0 Å². The summed E-state index contributed by atoms with van der Waals surface area (Å²) in [6.07, 6.45) is 14.1. The SMILES string of the molecule is O=C(O)c1cccc(/C=C2\CC3CC(O)C(/C=C/C(O)C4CCCCC4)C3C2)c1. The molecule has 0 heterocycles. The molecule has 156 valence electrons. The van der Waals surface area contributed by atoms with Gasteiger partial charge in [-0.3, -0.25) is 0 Å². The van der Waals surface area contributed by atoms with Crippen LogP contribution in [0.4, 0.5) is 0 Å². The van der Waals surface area contributed by atoms with E-state index < -0.39 is 12.1 Å². The van der Waals surface area contributed by atoms with Gasteiger partial charge in [-0.25, -0.2) is 4.79 Å². The summed E-state index contributed by atoms with van der Waals surface area (Å²) in [4.78, 5) is 11.2. The second kappa shape index (κ2) is 8.85. The fourth-order valence-electron chi connectivity index (χ4n) is 5.76. The average Bonchev–Trinajstić information content (AvgIpc) is 3.23. The van der Waals surface area contributed by atoms with E-state index in [9.17, 15) is 20.1 Å². The number of aliphatic hydroxyl groups is 2. The maximum atomic E-state index is 11.2. The number of carbonyl (C=O) groups is 1. The van der Waals surface area contributed by atoms with Crippen molar-refractivity contribution >= 4 is 12.0 Å². The Morgan fingerprint density at radius 3 is 2.69 bits per heavy atom. The summed E-state index contributed by atoms with van der Waals surface area (Å²) in [5, 5.41) is 30.3. The highest BCUT2D eigenvalue weighted by atomic mass is 16.4. The van der Waals surface area contributed by atoms with Crippen LogP contribution in [0, 0.1) is 23.7 Å². The van der Waals surface area contributed by atoms with Gasteiger partial charge in [-0.15, -0.1) is 0 Å². The molecule has 0 aromatic heterocycles. The van der Waals surface area contributed by atoms with Gasteiger partial charge >= 0.3 is 5.97 Å². The Bertz CT molecular complexity index is 790. The molecule has 1 aromatic rings. The molecule has 0 saturated heterocycles. The first-order chi connectivity index (χ1) is 14.0. The highest BCUT2D eigenvalue weighted by molar-refractivity contribution is 5.88. The van der Waals surface area contributed by atoms with Gasteiger partial charge in [-0.05, 0) is 67.6 Å². The van der Waals surface area contributed by atoms with Gasteiger partial charge in [0.05, 0.1) is 17.8 Å². The predicted molar refractivity (Wildman–Crippen MR) is 113 cm³/mol. The minimum absolute atomic E-state index is 0.106. The van der Waals surface area contributed by atoms with E-state index in [4.69, 9.17) is 0 Å². The second-order valence-corrected chi connectivity index (χ2v) is 9.22. The lowest BCUT2D eigenvalue weighted by atomic mass is 9.84. The Kier molecular flexibility index (Phi) is 6.21. The van der Waals surface area contributed by atoms with Gasteiger partial charge in [0.2, 0.25) is 0 Å². The monoisotopic (exact) mass is 396 g/mol. The van der Waals surface area contributed by atoms with Crippen LogP contribution in [0.25, 0.3) is 6.08 Å². The van der Waals surface area contributed by atoms with E-state index >= 15 is 0 Å². The molecule has 29 heavy (non-hydrogen) atoms. The molecule has 4 nitrogen and oxygen atoms in total. The second-order valence-electron chi connectivity index (χ2n) is 9.22.